The third kappa shape index (κ3) is 4.17. The van der Waals surface area contributed by atoms with Crippen LogP contribution in [0.4, 0.5) is 0 Å². The second-order valence-electron chi connectivity index (χ2n) is 2.77. The highest BCUT2D eigenvalue weighted by Crippen LogP contribution is 2.19. The quantitative estimate of drug-likeness (QED) is 0.548. The monoisotopic (exact) mass is 163 g/mol. The Balaban J connectivity index is 4.22. The third-order valence-corrected chi connectivity index (χ3v) is 1.88. The van der Waals surface area contributed by atoms with Crippen molar-refractivity contribution in [1.29, 1.82) is 0 Å². The average molecular weight is 163 g/mol. The Kier molecular flexibility index (Phi) is 6.45. The smallest absolute Gasteiger partial charge is 0.0253 e. The Labute approximate surface area is 76.7 Å². The van der Waals surface area contributed by atoms with Crippen LogP contribution in [-0.2, 0) is 0 Å². The molecule has 0 saturated heterocycles. The number of hydrogen-bond acceptors (Lipinski definition) is 0. The average Bonchev–Trinajstić information content (AvgIpc) is 2.11. The van der Waals surface area contributed by atoms with Crippen LogP contribution in [0.25, 0.3) is 0 Å². The van der Waals surface area contributed by atoms with Gasteiger partial charge in [0.25, 0.3) is 0 Å². The highest BCUT2D eigenvalue weighted by Gasteiger charge is 2.03. The summed E-state index contributed by atoms with van der Waals surface area (Å²) < 4.78 is 0. The molecule has 0 aliphatic heterocycles. The highest BCUT2D eigenvalue weighted by atomic mass is 14.1. The van der Waals surface area contributed by atoms with Crippen LogP contribution in [0.1, 0.15) is 34.1 Å². The molecule has 0 atom stereocenters. The van der Waals surface area contributed by atoms with Crippen molar-refractivity contribution < 1.29 is 0 Å². The molecule has 0 heterocycles. The summed E-state index contributed by atoms with van der Waals surface area (Å²) in [5.74, 6) is 1.40. The van der Waals surface area contributed by atoms with Gasteiger partial charge in [-0.25, -0.2) is 0 Å². The summed E-state index contributed by atoms with van der Waals surface area (Å²) in [6.07, 6.45) is 11.7. The minimum Gasteiger partial charge on any atom is -0.0916 e. The second-order valence-corrected chi connectivity index (χ2v) is 2.77. The molecule has 0 heteroatoms. The fraction of sp³-hybridized carbons (Fsp3) is 0.417. The molecule has 0 aromatic heterocycles. The summed E-state index contributed by atoms with van der Waals surface area (Å²) in [4.78, 5) is 0. The second kappa shape index (κ2) is 6.90. The first-order valence-corrected chi connectivity index (χ1v) is 4.49. The van der Waals surface area contributed by atoms with Gasteiger partial charge in [0.05, 0.1) is 0 Å². The zero-order chi connectivity index (χ0) is 9.40. The summed E-state index contributed by atoms with van der Waals surface area (Å²) in [6.45, 7) is 8.34. The summed E-state index contributed by atoms with van der Waals surface area (Å²) >= 11 is 0. The highest BCUT2D eigenvalue weighted by molar-refractivity contribution is 5.32. The normalized spacial score (nSPS) is 13.9. The largest absolute Gasteiger partial charge is 0.0916 e. The van der Waals surface area contributed by atoms with Crippen molar-refractivity contribution in [3.05, 3.63) is 41.9 Å². The summed E-state index contributed by atoms with van der Waals surface area (Å²) in [6, 6.07) is 0. The van der Waals surface area contributed by atoms with Crippen LogP contribution in [0.5, 0.6) is 0 Å². The molecule has 0 nitrogen and oxygen atoms in total. The van der Waals surface area contributed by atoms with E-state index in [2.05, 4.69) is 58.1 Å². The Bertz CT molecular complexity index is 182. The van der Waals surface area contributed by atoms with Crippen LogP contribution in [0.2, 0.25) is 0 Å². The maximum Gasteiger partial charge on any atom is 0.0253 e. The van der Waals surface area contributed by atoms with Crippen molar-refractivity contribution in [3.8, 4) is 0 Å². The van der Waals surface area contributed by atoms with Crippen LogP contribution in [0.15, 0.2) is 36.0 Å². The standard InChI is InChI=1S/C12H19/c1-5-8-10-12(9-6-2)11(4)7-3/h5-9H,10H2,1-4H3. The molecule has 1 radical (unpaired) electrons. The van der Waals surface area contributed by atoms with Crippen LogP contribution in [-0.4, -0.2) is 0 Å². The van der Waals surface area contributed by atoms with E-state index < -0.39 is 0 Å². The van der Waals surface area contributed by atoms with Crippen LogP contribution in [0.3, 0.4) is 0 Å². The van der Waals surface area contributed by atoms with Crippen molar-refractivity contribution in [1.82, 2.24) is 0 Å². The van der Waals surface area contributed by atoms with E-state index in [-0.39, 0.29) is 0 Å². The van der Waals surface area contributed by atoms with Gasteiger partial charge in [0.2, 0.25) is 0 Å². The van der Waals surface area contributed by atoms with E-state index in [4.69, 9.17) is 0 Å². The van der Waals surface area contributed by atoms with E-state index in [1.165, 1.54) is 11.5 Å². The zero-order valence-electron chi connectivity index (χ0n) is 8.59. The number of hydrogen-bond donors (Lipinski definition) is 0. The van der Waals surface area contributed by atoms with Gasteiger partial charge in [0, 0.05) is 5.92 Å². The predicted octanol–water partition coefficient (Wildman–Crippen LogP) is 4.07. The summed E-state index contributed by atoms with van der Waals surface area (Å²) in [5, 5.41) is 0. The minimum atomic E-state index is 1.04. The minimum absolute atomic E-state index is 1.04. The first-order chi connectivity index (χ1) is 5.76. The lowest BCUT2D eigenvalue weighted by molar-refractivity contribution is 1.07. The first-order valence-electron chi connectivity index (χ1n) is 4.49. The van der Waals surface area contributed by atoms with Gasteiger partial charge in [0.1, 0.15) is 0 Å². The van der Waals surface area contributed by atoms with Crippen molar-refractivity contribution in [3.63, 3.8) is 0 Å². The van der Waals surface area contributed by atoms with Crippen molar-refractivity contribution >= 4 is 0 Å². The molecule has 0 aliphatic rings. The zero-order valence-corrected chi connectivity index (χ0v) is 8.59. The molecule has 0 unspecified atom stereocenters. The molecule has 0 spiro atoms. The van der Waals surface area contributed by atoms with Crippen LogP contribution in [0, 0.1) is 5.92 Å². The lowest BCUT2D eigenvalue weighted by Crippen LogP contribution is -1.93. The van der Waals surface area contributed by atoms with Crippen LogP contribution < -0.4 is 0 Å². The van der Waals surface area contributed by atoms with E-state index >= 15 is 0 Å². The molecular weight excluding hydrogens is 144 g/mol. The molecule has 67 valence electrons. The Morgan fingerprint density at radius 2 is 1.75 bits per heavy atom. The molecule has 0 saturated carbocycles. The molecule has 0 aliphatic carbocycles. The van der Waals surface area contributed by atoms with E-state index in [0.29, 0.717) is 0 Å². The van der Waals surface area contributed by atoms with E-state index in [9.17, 15) is 0 Å². The predicted molar refractivity (Wildman–Crippen MR) is 56.9 cm³/mol. The van der Waals surface area contributed by atoms with Gasteiger partial charge in [-0.2, -0.15) is 0 Å². The molecule has 0 aromatic rings. The van der Waals surface area contributed by atoms with Gasteiger partial charge in [-0.05, 0) is 34.1 Å². The summed E-state index contributed by atoms with van der Waals surface area (Å²) in [7, 11) is 0. The Morgan fingerprint density at radius 1 is 1.08 bits per heavy atom. The summed E-state index contributed by atoms with van der Waals surface area (Å²) in [5.41, 5.74) is 1.37. The van der Waals surface area contributed by atoms with Crippen molar-refractivity contribution in [2.24, 2.45) is 0 Å². The fourth-order valence-electron chi connectivity index (χ4n) is 0.992. The van der Waals surface area contributed by atoms with E-state index in [1.807, 2.05) is 0 Å². The van der Waals surface area contributed by atoms with Gasteiger partial charge in [0.15, 0.2) is 0 Å². The molecule has 0 bridgehead atoms. The molecule has 0 N–H and O–H groups in total. The first kappa shape index (κ1) is 11.2. The molecule has 0 amide bonds. The van der Waals surface area contributed by atoms with Crippen molar-refractivity contribution in [2.75, 3.05) is 0 Å². The van der Waals surface area contributed by atoms with E-state index in [1.54, 1.807) is 0 Å². The lowest BCUT2D eigenvalue weighted by Gasteiger charge is -2.09. The van der Waals surface area contributed by atoms with Gasteiger partial charge in [-0.3, -0.25) is 0 Å². The third-order valence-electron chi connectivity index (χ3n) is 1.88. The van der Waals surface area contributed by atoms with Gasteiger partial charge in [-0.15, -0.1) is 0 Å². The SMILES string of the molecule is CC=CC[C](C=CC)C(C)=CC. The van der Waals surface area contributed by atoms with Gasteiger partial charge in [-0.1, -0.05) is 36.0 Å². The number of allylic oxidation sites excluding steroid dienone is 6. The topological polar surface area (TPSA) is 0 Å². The lowest BCUT2D eigenvalue weighted by atomic mass is 9.96. The van der Waals surface area contributed by atoms with Crippen molar-refractivity contribution in [2.45, 2.75) is 34.1 Å². The van der Waals surface area contributed by atoms with Crippen LogP contribution >= 0.6 is 0 Å². The maximum atomic E-state index is 2.18. The van der Waals surface area contributed by atoms with E-state index in [0.717, 1.165) is 6.42 Å². The molecule has 0 aromatic carbocycles. The molecule has 12 heavy (non-hydrogen) atoms. The molecule has 0 fully saturated rings. The molecular formula is C12H19. The van der Waals surface area contributed by atoms with Gasteiger partial charge < -0.3 is 0 Å². The Morgan fingerprint density at radius 3 is 2.17 bits per heavy atom. The Hall–Kier alpha value is -0.780. The number of rotatable bonds is 4. The fourth-order valence-corrected chi connectivity index (χ4v) is 0.992. The maximum absolute atomic E-state index is 2.18. The molecule has 0 rings (SSSR count). The van der Waals surface area contributed by atoms with Gasteiger partial charge >= 0.3 is 0 Å².